The van der Waals surface area contributed by atoms with Crippen molar-refractivity contribution in [3.05, 3.63) is 96.0 Å². The number of benzene rings is 1. The number of carbonyl (C=O) groups is 2. The average Bonchev–Trinajstić information content (AvgIpc) is 3.51. The maximum absolute atomic E-state index is 15.0. The van der Waals surface area contributed by atoms with Crippen LogP contribution in [-0.4, -0.2) is 61.5 Å². The molecule has 0 fully saturated rings. The van der Waals surface area contributed by atoms with E-state index < -0.39 is 59.8 Å². The number of nitrogens with zero attached hydrogens (tertiary/aromatic N) is 7. The number of esters is 1. The van der Waals surface area contributed by atoms with E-state index in [9.17, 15) is 23.5 Å². The SMILES string of the molecule is CC(OC(=O)N(C)c1ncccc1COC(=O)[C@@H](N)CCN)[n+]1cnn(C[C@](O)(c2ccc(F)cc2F)[C@@H](C)c2ncncc2F)c1. The summed E-state index contributed by atoms with van der Waals surface area (Å²) >= 11 is 0. The zero-order valence-electron chi connectivity index (χ0n) is 25.8. The van der Waals surface area contributed by atoms with Crippen molar-refractivity contribution < 1.29 is 41.9 Å². The first-order chi connectivity index (χ1) is 22.3. The molecule has 1 amide bonds. The molecule has 0 bridgehead atoms. The third-order valence-electron chi connectivity index (χ3n) is 7.52. The predicted molar refractivity (Wildman–Crippen MR) is 158 cm³/mol. The molecule has 0 aliphatic heterocycles. The largest absolute Gasteiger partial charge is 0.460 e. The number of ether oxygens (including phenoxy) is 2. The van der Waals surface area contributed by atoms with Gasteiger partial charge in [-0.1, -0.05) is 19.1 Å². The van der Waals surface area contributed by atoms with Gasteiger partial charge in [0.1, 0.15) is 48.6 Å². The van der Waals surface area contributed by atoms with Crippen molar-refractivity contribution in [3.63, 3.8) is 0 Å². The lowest BCUT2D eigenvalue weighted by molar-refractivity contribution is -0.753. The van der Waals surface area contributed by atoms with E-state index in [1.54, 1.807) is 19.1 Å². The van der Waals surface area contributed by atoms with Crippen LogP contribution in [0.15, 0.2) is 61.7 Å². The van der Waals surface area contributed by atoms with Gasteiger partial charge in [-0.05, 0) is 25.1 Å². The summed E-state index contributed by atoms with van der Waals surface area (Å²) in [6.45, 7) is 2.56. The van der Waals surface area contributed by atoms with Gasteiger partial charge >= 0.3 is 12.1 Å². The summed E-state index contributed by atoms with van der Waals surface area (Å²) in [7, 11) is 1.42. The van der Waals surface area contributed by atoms with Gasteiger partial charge < -0.3 is 26.0 Å². The van der Waals surface area contributed by atoms with E-state index in [1.165, 1.54) is 42.1 Å². The van der Waals surface area contributed by atoms with Crippen LogP contribution in [0.1, 0.15) is 49.2 Å². The van der Waals surface area contributed by atoms with E-state index in [1.807, 2.05) is 0 Å². The number of carbonyl (C=O) groups excluding carboxylic acids is 2. The number of rotatable bonds is 13. The smallest absolute Gasteiger partial charge is 0.418 e. The van der Waals surface area contributed by atoms with Crippen molar-refractivity contribution in [3.8, 4) is 0 Å². The molecule has 0 spiro atoms. The second kappa shape index (κ2) is 15.1. The Labute approximate surface area is 267 Å². The molecule has 17 heteroatoms. The zero-order valence-corrected chi connectivity index (χ0v) is 25.8. The number of anilines is 1. The summed E-state index contributed by atoms with van der Waals surface area (Å²) < 4.78 is 56.9. The molecule has 250 valence electrons. The quantitative estimate of drug-likeness (QED) is 0.141. The molecular formula is C30H35F3N9O5+. The summed E-state index contributed by atoms with van der Waals surface area (Å²) in [5.74, 6) is -4.38. The average molecular weight is 659 g/mol. The molecule has 4 atom stereocenters. The highest BCUT2D eigenvalue weighted by Gasteiger charge is 2.43. The fourth-order valence-corrected chi connectivity index (χ4v) is 4.79. The Hall–Kier alpha value is -5.00. The molecule has 0 saturated carbocycles. The lowest BCUT2D eigenvalue weighted by atomic mass is 9.79. The molecule has 3 heterocycles. The number of nitrogens with two attached hydrogens (primary N) is 2. The standard InChI is InChI=1S/C30H35F3N9O5/c1-18(26-24(33)12-36-15-38-26)30(45,22-7-6-21(31)11-23(22)32)14-42-17-41(16-39-42)19(2)47-29(44)40(3)27-20(5-4-10-37-27)13-46-28(43)25(35)8-9-34/h4-7,10-12,15-19,25,45H,8-9,13-14,34-35H2,1-3H3/q+1/t18-,19?,25-,30+/m0/s1. The van der Waals surface area contributed by atoms with Gasteiger partial charge in [0.05, 0.1) is 11.9 Å². The zero-order chi connectivity index (χ0) is 34.3. The van der Waals surface area contributed by atoms with Crippen LogP contribution in [0.25, 0.3) is 0 Å². The Morgan fingerprint density at radius 1 is 1.17 bits per heavy atom. The molecule has 4 aromatic rings. The first-order valence-electron chi connectivity index (χ1n) is 14.4. The molecular weight excluding hydrogens is 623 g/mol. The third-order valence-corrected chi connectivity index (χ3v) is 7.52. The van der Waals surface area contributed by atoms with Gasteiger partial charge in [-0.25, -0.2) is 32.9 Å². The van der Waals surface area contributed by atoms with E-state index in [0.717, 1.165) is 29.6 Å². The fraction of sp³-hybridized carbons (Fsp3) is 0.367. The summed E-state index contributed by atoms with van der Waals surface area (Å²) in [6, 6.07) is 5.00. The van der Waals surface area contributed by atoms with Crippen LogP contribution in [-0.2, 0) is 33.0 Å². The monoisotopic (exact) mass is 658 g/mol. The third kappa shape index (κ3) is 8.05. The summed E-state index contributed by atoms with van der Waals surface area (Å²) in [4.78, 5) is 38.1. The molecule has 1 aromatic carbocycles. The molecule has 3 aromatic heterocycles. The Bertz CT molecular complexity index is 1710. The number of pyridine rings is 1. The van der Waals surface area contributed by atoms with Crippen molar-refractivity contribution in [1.82, 2.24) is 24.7 Å². The molecule has 0 aliphatic rings. The van der Waals surface area contributed by atoms with Crippen LogP contribution in [0.5, 0.6) is 0 Å². The number of aliphatic hydroxyl groups is 1. The minimum Gasteiger partial charge on any atom is -0.460 e. The molecule has 4 rings (SSSR count). The molecule has 0 aliphatic carbocycles. The van der Waals surface area contributed by atoms with Crippen LogP contribution in [0.2, 0.25) is 0 Å². The van der Waals surface area contributed by atoms with E-state index in [-0.39, 0.29) is 36.6 Å². The van der Waals surface area contributed by atoms with Gasteiger partial charge in [0.2, 0.25) is 12.6 Å². The molecule has 47 heavy (non-hydrogen) atoms. The van der Waals surface area contributed by atoms with Crippen LogP contribution in [0.4, 0.5) is 23.8 Å². The van der Waals surface area contributed by atoms with Gasteiger partial charge in [-0.2, -0.15) is 4.57 Å². The van der Waals surface area contributed by atoms with Crippen molar-refractivity contribution in [2.45, 2.75) is 57.2 Å². The van der Waals surface area contributed by atoms with E-state index >= 15 is 4.39 Å². The summed E-state index contributed by atoms with van der Waals surface area (Å²) in [6.07, 6.45) is 4.60. The minimum absolute atomic E-state index is 0.169. The molecule has 0 saturated heterocycles. The highest BCUT2D eigenvalue weighted by Crippen LogP contribution is 2.39. The number of hydrogen-bond donors (Lipinski definition) is 3. The van der Waals surface area contributed by atoms with Crippen LogP contribution in [0, 0.1) is 17.5 Å². The summed E-state index contributed by atoms with van der Waals surface area (Å²) in [5.41, 5.74) is 8.91. The van der Waals surface area contributed by atoms with Gasteiger partial charge in [0.25, 0.3) is 6.33 Å². The maximum Gasteiger partial charge on any atom is 0.418 e. The second-order valence-electron chi connectivity index (χ2n) is 10.7. The number of aromatic nitrogens is 6. The van der Waals surface area contributed by atoms with Gasteiger partial charge in [-0.15, -0.1) is 4.68 Å². The number of halogens is 3. The lowest BCUT2D eigenvalue weighted by Gasteiger charge is -2.32. The molecule has 5 N–H and O–H groups in total. The number of hydrogen-bond acceptors (Lipinski definition) is 11. The van der Waals surface area contributed by atoms with Crippen molar-refractivity contribution in [1.29, 1.82) is 0 Å². The van der Waals surface area contributed by atoms with Crippen LogP contribution in [0.3, 0.4) is 0 Å². The van der Waals surface area contributed by atoms with Crippen LogP contribution >= 0.6 is 0 Å². The highest BCUT2D eigenvalue weighted by atomic mass is 19.1. The molecule has 0 radical (unpaired) electrons. The van der Waals surface area contributed by atoms with Crippen molar-refractivity contribution in [2.24, 2.45) is 11.5 Å². The van der Waals surface area contributed by atoms with E-state index in [4.69, 9.17) is 20.9 Å². The fourth-order valence-electron chi connectivity index (χ4n) is 4.79. The van der Waals surface area contributed by atoms with Crippen LogP contribution < -0.4 is 20.9 Å². The van der Waals surface area contributed by atoms with E-state index in [2.05, 4.69) is 20.1 Å². The molecule has 14 nitrogen and oxygen atoms in total. The van der Waals surface area contributed by atoms with Crippen molar-refractivity contribution in [2.75, 3.05) is 18.5 Å². The van der Waals surface area contributed by atoms with Gasteiger partial charge in [0, 0.05) is 48.4 Å². The maximum atomic E-state index is 15.0. The second-order valence-corrected chi connectivity index (χ2v) is 10.7. The topological polar surface area (TPSA) is 188 Å². The van der Waals surface area contributed by atoms with Gasteiger partial charge in [-0.3, -0.25) is 9.69 Å². The minimum atomic E-state index is -2.18. The first kappa shape index (κ1) is 34.9. The Morgan fingerprint density at radius 3 is 2.64 bits per heavy atom. The number of amides is 1. The van der Waals surface area contributed by atoms with Crippen molar-refractivity contribution >= 4 is 17.9 Å². The Morgan fingerprint density at radius 2 is 1.94 bits per heavy atom. The predicted octanol–water partition coefficient (Wildman–Crippen LogP) is 1.98. The first-order valence-corrected chi connectivity index (χ1v) is 14.4. The normalized spacial score (nSPS) is 14.5. The highest BCUT2D eigenvalue weighted by molar-refractivity contribution is 5.86. The Balaban J connectivity index is 1.51. The van der Waals surface area contributed by atoms with E-state index in [0.29, 0.717) is 11.6 Å². The Kier molecular flexibility index (Phi) is 11.2. The molecule has 1 unspecified atom stereocenters. The lowest BCUT2D eigenvalue weighted by Crippen LogP contribution is -2.42. The van der Waals surface area contributed by atoms with Gasteiger partial charge in [0.15, 0.2) is 5.82 Å². The summed E-state index contributed by atoms with van der Waals surface area (Å²) in [5, 5.41) is 16.1.